The number of aromatic nitrogens is 2. The molecule has 2 aromatic rings. The molecule has 0 radical (unpaired) electrons. The number of rotatable bonds is 5. The molecule has 0 fully saturated rings. The second kappa shape index (κ2) is 6.48. The molecule has 0 saturated heterocycles. The Labute approximate surface area is 130 Å². The molecule has 1 aliphatic carbocycles. The van der Waals surface area contributed by atoms with Crippen molar-refractivity contribution in [2.24, 2.45) is 0 Å². The van der Waals surface area contributed by atoms with Crippen molar-refractivity contribution in [1.82, 2.24) is 9.97 Å². The van der Waals surface area contributed by atoms with Crippen LogP contribution in [0.5, 0.6) is 0 Å². The van der Waals surface area contributed by atoms with Crippen molar-refractivity contribution in [1.29, 1.82) is 0 Å². The Morgan fingerprint density at radius 3 is 2.91 bits per heavy atom. The minimum absolute atomic E-state index is 0.0976. The molecule has 5 heteroatoms. The van der Waals surface area contributed by atoms with Crippen LogP contribution in [0, 0.1) is 6.92 Å². The number of furan rings is 1. The maximum Gasteiger partial charge on any atom is 0.133 e. The van der Waals surface area contributed by atoms with Crippen LogP contribution in [0.4, 0.5) is 5.82 Å². The molecule has 2 atom stereocenters. The topological polar surface area (TPSA) is 71.2 Å². The van der Waals surface area contributed by atoms with E-state index in [1.54, 1.807) is 18.4 Å². The van der Waals surface area contributed by atoms with E-state index in [1.165, 1.54) is 24.1 Å². The molecule has 2 heterocycles. The van der Waals surface area contributed by atoms with Gasteiger partial charge in [0, 0.05) is 23.7 Å². The first-order chi connectivity index (χ1) is 10.6. The third kappa shape index (κ3) is 3.30. The van der Waals surface area contributed by atoms with E-state index < -0.39 is 6.10 Å². The molecule has 0 aliphatic heterocycles. The zero-order chi connectivity index (χ0) is 15.5. The zero-order valence-corrected chi connectivity index (χ0v) is 13.2. The number of aliphatic hydroxyl groups is 1. The zero-order valence-electron chi connectivity index (χ0n) is 13.2. The molecule has 2 aromatic heterocycles. The molecule has 0 bridgehead atoms. The highest BCUT2D eigenvalue weighted by atomic mass is 16.4. The molecule has 2 unspecified atom stereocenters. The van der Waals surface area contributed by atoms with Gasteiger partial charge in [0.05, 0.1) is 6.26 Å². The predicted octanol–water partition coefficient (Wildman–Crippen LogP) is 3.18. The Balaban J connectivity index is 1.71. The van der Waals surface area contributed by atoms with Gasteiger partial charge in [-0.15, -0.1) is 0 Å². The standard InChI is InChI=1S/C17H23N3O2/c1-11(10-15(21)16-8-5-9-22-16)18-17-13-6-3-4-7-14(13)19-12(2)20-17/h5,8-9,11,15,21H,3-4,6-7,10H2,1-2H3,(H,18,19,20). The highest BCUT2D eigenvalue weighted by Gasteiger charge is 2.20. The Hall–Kier alpha value is -1.88. The van der Waals surface area contributed by atoms with Crippen molar-refractivity contribution < 1.29 is 9.52 Å². The van der Waals surface area contributed by atoms with E-state index in [-0.39, 0.29) is 6.04 Å². The van der Waals surface area contributed by atoms with Gasteiger partial charge < -0.3 is 14.8 Å². The first-order valence-corrected chi connectivity index (χ1v) is 7.98. The molecule has 2 N–H and O–H groups in total. The molecule has 5 nitrogen and oxygen atoms in total. The van der Waals surface area contributed by atoms with E-state index in [1.807, 2.05) is 6.92 Å². The number of aryl methyl sites for hydroxylation is 2. The largest absolute Gasteiger partial charge is 0.467 e. The number of fused-ring (bicyclic) bond motifs is 1. The number of nitrogens with zero attached hydrogens (tertiary/aromatic N) is 2. The molecule has 0 saturated carbocycles. The highest BCUT2D eigenvalue weighted by Crippen LogP contribution is 2.27. The molecule has 0 amide bonds. The van der Waals surface area contributed by atoms with E-state index in [4.69, 9.17) is 4.42 Å². The van der Waals surface area contributed by atoms with Gasteiger partial charge in [-0.25, -0.2) is 9.97 Å². The summed E-state index contributed by atoms with van der Waals surface area (Å²) in [7, 11) is 0. The first-order valence-electron chi connectivity index (χ1n) is 7.98. The summed E-state index contributed by atoms with van der Waals surface area (Å²) in [6, 6.07) is 3.69. The normalized spacial score (nSPS) is 16.9. The lowest BCUT2D eigenvalue weighted by molar-refractivity contribution is 0.136. The fourth-order valence-corrected chi connectivity index (χ4v) is 3.06. The monoisotopic (exact) mass is 301 g/mol. The maximum absolute atomic E-state index is 10.2. The van der Waals surface area contributed by atoms with Crippen LogP contribution >= 0.6 is 0 Å². The third-order valence-corrected chi connectivity index (χ3v) is 4.13. The van der Waals surface area contributed by atoms with Crippen LogP contribution in [0.3, 0.4) is 0 Å². The molecule has 0 aromatic carbocycles. The lowest BCUT2D eigenvalue weighted by Gasteiger charge is -2.23. The van der Waals surface area contributed by atoms with Crippen molar-refractivity contribution in [2.45, 2.75) is 58.1 Å². The third-order valence-electron chi connectivity index (χ3n) is 4.13. The summed E-state index contributed by atoms with van der Waals surface area (Å²) in [4.78, 5) is 9.14. The Morgan fingerprint density at radius 2 is 2.14 bits per heavy atom. The summed E-state index contributed by atoms with van der Waals surface area (Å²) in [6.45, 7) is 3.99. The average Bonchev–Trinajstić information content (AvgIpc) is 3.01. The lowest BCUT2D eigenvalue weighted by atomic mass is 9.96. The van der Waals surface area contributed by atoms with Gasteiger partial charge in [-0.05, 0) is 51.7 Å². The molecule has 118 valence electrons. The van der Waals surface area contributed by atoms with Gasteiger partial charge in [0.2, 0.25) is 0 Å². The van der Waals surface area contributed by atoms with Crippen LogP contribution in [0.15, 0.2) is 22.8 Å². The van der Waals surface area contributed by atoms with Crippen LogP contribution in [-0.2, 0) is 12.8 Å². The van der Waals surface area contributed by atoms with Gasteiger partial charge in [-0.3, -0.25) is 0 Å². The minimum Gasteiger partial charge on any atom is -0.467 e. The van der Waals surface area contributed by atoms with E-state index in [0.29, 0.717) is 12.2 Å². The summed E-state index contributed by atoms with van der Waals surface area (Å²) in [5.41, 5.74) is 2.43. The fourth-order valence-electron chi connectivity index (χ4n) is 3.06. The van der Waals surface area contributed by atoms with Gasteiger partial charge in [0.25, 0.3) is 0 Å². The average molecular weight is 301 g/mol. The van der Waals surface area contributed by atoms with Gasteiger partial charge in [-0.1, -0.05) is 0 Å². The summed E-state index contributed by atoms with van der Waals surface area (Å²) in [5.74, 6) is 2.35. The van der Waals surface area contributed by atoms with Crippen LogP contribution in [0.1, 0.15) is 55.1 Å². The van der Waals surface area contributed by atoms with Crippen LogP contribution in [0.2, 0.25) is 0 Å². The minimum atomic E-state index is -0.601. The Kier molecular flexibility index (Phi) is 4.43. The van der Waals surface area contributed by atoms with Crippen LogP contribution < -0.4 is 5.32 Å². The fraction of sp³-hybridized carbons (Fsp3) is 0.529. The summed E-state index contributed by atoms with van der Waals surface area (Å²) >= 11 is 0. The number of hydrogen-bond donors (Lipinski definition) is 2. The number of hydrogen-bond acceptors (Lipinski definition) is 5. The van der Waals surface area contributed by atoms with Crippen LogP contribution in [0.25, 0.3) is 0 Å². The quantitative estimate of drug-likeness (QED) is 0.887. The van der Waals surface area contributed by atoms with Crippen molar-refractivity contribution in [3.8, 4) is 0 Å². The predicted molar refractivity (Wildman–Crippen MR) is 84.8 cm³/mol. The van der Waals surface area contributed by atoms with Gasteiger partial charge >= 0.3 is 0 Å². The van der Waals surface area contributed by atoms with Gasteiger partial charge in [0.15, 0.2) is 0 Å². The van der Waals surface area contributed by atoms with Gasteiger partial charge in [-0.2, -0.15) is 0 Å². The van der Waals surface area contributed by atoms with Crippen molar-refractivity contribution in [3.63, 3.8) is 0 Å². The second-order valence-electron chi connectivity index (χ2n) is 6.06. The molecule has 0 spiro atoms. The van der Waals surface area contributed by atoms with E-state index in [9.17, 15) is 5.11 Å². The summed E-state index contributed by atoms with van der Waals surface area (Å²) < 4.78 is 5.25. The molecule has 22 heavy (non-hydrogen) atoms. The van der Waals surface area contributed by atoms with Gasteiger partial charge in [0.1, 0.15) is 23.5 Å². The summed E-state index contributed by atoms with van der Waals surface area (Å²) in [5, 5.41) is 13.6. The first kappa shape index (κ1) is 15.0. The second-order valence-corrected chi connectivity index (χ2v) is 6.06. The van der Waals surface area contributed by atoms with E-state index in [0.717, 1.165) is 24.5 Å². The van der Waals surface area contributed by atoms with Crippen LogP contribution in [-0.4, -0.2) is 21.1 Å². The van der Waals surface area contributed by atoms with Crippen molar-refractivity contribution >= 4 is 5.82 Å². The smallest absolute Gasteiger partial charge is 0.133 e. The van der Waals surface area contributed by atoms with E-state index in [2.05, 4.69) is 22.2 Å². The molecule has 1 aliphatic rings. The van der Waals surface area contributed by atoms with E-state index >= 15 is 0 Å². The van der Waals surface area contributed by atoms with Crippen molar-refractivity contribution in [2.75, 3.05) is 5.32 Å². The number of anilines is 1. The van der Waals surface area contributed by atoms with Crippen molar-refractivity contribution in [3.05, 3.63) is 41.2 Å². The molecular formula is C17H23N3O2. The number of aliphatic hydroxyl groups excluding tert-OH is 1. The molecular weight excluding hydrogens is 278 g/mol. The maximum atomic E-state index is 10.2. The molecule has 3 rings (SSSR count). The Bertz CT molecular complexity index is 625. The number of nitrogens with one attached hydrogen (secondary N) is 1. The Morgan fingerprint density at radius 1 is 1.32 bits per heavy atom. The lowest BCUT2D eigenvalue weighted by Crippen LogP contribution is -2.22. The SMILES string of the molecule is Cc1nc2c(c(NC(C)CC(O)c3ccco3)n1)CCCC2. The highest BCUT2D eigenvalue weighted by molar-refractivity contribution is 5.48. The summed E-state index contributed by atoms with van der Waals surface area (Å²) in [6.07, 6.45) is 6.03.